The number of amides is 1. The first-order valence-corrected chi connectivity index (χ1v) is 7.20. The average molecular weight is 289 g/mol. The summed E-state index contributed by atoms with van der Waals surface area (Å²) in [7, 11) is 0. The SMILES string of the molecule is Cc1cc(C(=O)N[C@@H]2CCc3nnc(C(C)C)n3C2)no1. The minimum Gasteiger partial charge on any atom is -0.361 e. The van der Waals surface area contributed by atoms with E-state index in [1.165, 1.54) is 0 Å². The average Bonchev–Trinajstić information content (AvgIpc) is 3.04. The van der Waals surface area contributed by atoms with Gasteiger partial charge in [0.15, 0.2) is 5.69 Å². The highest BCUT2D eigenvalue weighted by Gasteiger charge is 2.25. The molecule has 7 nitrogen and oxygen atoms in total. The zero-order chi connectivity index (χ0) is 15.0. The first kappa shape index (κ1) is 13.8. The van der Waals surface area contributed by atoms with Crippen LogP contribution in [-0.4, -0.2) is 31.9 Å². The summed E-state index contributed by atoms with van der Waals surface area (Å²) in [5.74, 6) is 2.73. The second-order valence-corrected chi connectivity index (χ2v) is 5.77. The Balaban J connectivity index is 1.71. The minimum atomic E-state index is -0.195. The van der Waals surface area contributed by atoms with Crippen LogP contribution < -0.4 is 5.32 Å². The maximum atomic E-state index is 12.1. The zero-order valence-electron chi connectivity index (χ0n) is 12.5. The van der Waals surface area contributed by atoms with Crippen molar-refractivity contribution >= 4 is 5.91 Å². The van der Waals surface area contributed by atoms with Gasteiger partial charge < -0.3 is 14.4 Å². The fourth-order valence-electron chi connectivity index (χ4n) is 2.63. The Bertz CT molecular complexity index is 658. The van der Waals surface area contributed by atoms with E-state index < -0.39 is 0 Å². The molecule has 0 bridgehead atoms. The van der Waals surface area contributed by atoms with Gasteiger partial charge in [-0.2, -0.15) is 0 Å². The molecule has 1 atom stereocenters. The molecule has 0 saturated heterocycles. The Morgan fingerprint density at radius 1 is 1.48 bits per heavy atom. The van der Waals surface area contributed by atoms with Crippen LogP contribution in [0, 0.1) is 6.92 Å². The molecule has 0 spiro atoms. The van der Waals surface area contributed by atoms with E-state index in [-0.39, 0.29) is 11.9 Å². The summed E-state index contributed by atoms with van der Waals surface area (Å²) in [6.07, 6.45) is 1.68. The van der Waals surface area contributed by atoms with Crippen LogP contribution in [-0.2, 0) is 13.0 Å². The molecule has 0 aliphatic carbocycles. The van der Waals surface area contributed by atoms with Gasteiger partial charge in [0.05, 0.1) is 0 Å². The molecule has 3 rings (SSSR count). The monoisotopic (exact) mass is 289 g/mol. The summed E-state index contributed by atoms with van der Waals surface area (Å²) >= 11 is 0. The van der Waals surface area contributed by atoms with Crippen molar-refractivity contribution in [2.24, 2.45) is 0 Å². The van der Waals surface area contributed by atoms with Crippen LogP contribution in [0.15, 0.2) is 10.6 Å². The summed E-state index contributed by atoms with van der Waals surface area (Å²) in [6.45, 7) is 6.66. The fourth-order valence-corrected chi connectivity index (χ4v) is 2.63. The van der Waals surface area contributed by atoms with Crippen LogP contribution in [0.5, 0.6) is 0 Å². The molecule has 2 aromatic rings. The number of carbonyl (C=O) groups excluding carboxylic acids is 1. The standard InChI is InChI=1S/C14H19N5O2/c1-8(2)13-17-16-12-5-4-10(7-19(12)13)15-14(20)11-6-9(3)21-18-11/h6,8,10H,4-5,7H2,1-3H3,(H,15,20)/t10-/m1/s1. The smallest absolute Gasteiger partial charge is 0.273 e. The molecule has 0 radical (unpaired) electrons. The summed E-state index contributed by atoms with van der Waals surface area (Å²) < 4.78 is 7.05. The third kappa shape index (κ3) is 2.68. The first-order chi connectivity index (χ1) is 10.0. The summed E-state index contributed by atoms with van der Waals surface area (Å²) in [4.78, 5) is 12.1. The van der Waals surface area contributed by atoms with Crippen molar-refractivity contribution < 1.29 is 9.32 Å². The lowest BCUT2D eigenvalue weighted by Gasteiger charge is -2.25. The Kier molecular flexibility index (Phi) is 3.48. The lowest BCUT2D eigenvalue weighted by molar-refractivity contribution is 0.0918. The van der Waals surface area contributed by atoms with Gasteiger partial charge in [0.2, 0.25) is 0 Å². The molecule has 1 N–H and O–H groups in total. The van der Waals surface area contributed by atoms with E-state index in [2.05, 4.69) is 39.1 Å². The summed E-state index contributed by atoms with van der Waals surface area (Å²) in [6, 6.07) is 1.71. The predicted octanol–water partition coefficient (Wildman–Crippen LogP) is 1.44. The molecule has 0 unspecified atom stereocenters. The highest BCUT2D eigenvalue weighted by atomic mass is 16.5. The van der Waals surface area contributed by atoms with Gasteiger partial charge in [-0.3, -0.25) is 4.79 Å². The van der Waals surface area contributed by atoms with Crippen molar-refractivity contribution in [3.05, 3.63) is 29.2 Å². The molecule has 1 amide bonds. The Morgan fingerprint density at radius 3 is 2.95 bits per heavy atom. The maximum absolute atomic E-state index is 12.1. The van der Waals surface area contributed by atoms with E-state index in [1.54, 1.807) is 13.0 Å². The fraction of sp³-hybridized carbons (Fsp3) is 0.571. The van der Waals surface area contributed by atoms with Gasteiger partial charge in [0.1, 0.15) is 17.4 Å². The van der Waals surface area contributed by atoms with Gasteiger partial charge in [-0.05, 0) is 13.3 Å². The van der Waals surface area contributed by atoms with Crippen LogP contribution in [0.4, 0.5) is 0 Å². The van der Waals surface area contributed by atoms with Crippen LogP contribution in [0.25, 0.3) is 0 Å². The molecular weight excluding hydrogens is 270 g/mol. The first-order valence-electron chi connectivity index (χ1n) is 7.20. The number of nitrogens with zero attached hydrogens (tertiary/aromatic N) is 4. The van der Waals surface area contributed by atoms with Crippen LogP contribution in [0.2, 0.25) is 0 Å². The van der Waals surface area contributed by atoms with Gasteiger partial charge >= 0.3 is 0 Å². The molecule has 2 aromatic heterocycles. The van der Waals surface area contributed by atoms with Crippen LogP contribution >= 0.6 is 0 Å². The molecule has 21 heavy (non-hydrogen) atoms. The Labute approximate surface area is 122 Å². The number of aromatic nitrogens is 4. The second-order valence-electron chi connectivity index (χ2n) is 5.77. The topological polar surface area (TPSA) is 85.8 Å². The molecule has 1 aliphatic heterocycles. The number of carbonyl (C=O) groups is 1. The van der Waals surface area contributed by atoms with E-state index in [0.717, 1.165) is 24.5 Å². The maximum Gasteiger partial charge on any atom is 0.273 e. The highest BCUT2D eigenvalue weighted by molar-refractivity contribution is 5.92. The van der Waals surface area contributed by atoms with Crippen molar-refractivity contribution in [1.82, 2.24) is 25.2 Å². The van der Waals surface area contributed by atoms with E-state index >= 15 is 0 Å². The predicted molar refractivity (Wildman–Crippen MR) is 74.9 cm³/mol. The highest BCUT2D eigenvalue weighted by Crippen LogP contribution is 2.20. The van der Waals surface area contributed by atoms with E-state index in [4.69, 9.17) is 4.52 Å². The molecule has 0 saturated carbocycles. The number of hydrogen-bond acceptors (Lipinski definition) is 5. The van der Waals surface area contributed by atoms with Gasteiger partial charge in [-0.1, -0.05) is 19.0 Å². The molecule has 7 heteroatoms. The van der Waals surface area contributed by atoms with Crippen molar-refractivity contribution in [2.45, 2.75) is 52.1 Å². The molecule has 1 aliphatic rings. The van der Waals surface area contributed by atoms with Crippen molar-refractivity contribution in [1.29, 1.82) is 0 Å². The van der Waals surface area contributed by atoms with Crippen molar-refractivity contribution in [3.63, 3.8) is 0 Å². The summed E-state index contributed by atoms with van der Waals surface area (Å²) in [5.41, 5.74) is 0.325. The molecule has 3 heterocycles. The Hall–Kier alpha value is -2.18. The van der Waals surface area contributed by atoms with Gasteiger partial charge in [0, 0.05) is 31.0 Å². The molecule has 0 fully saturated rings. The van der Waals surface area contributed by atoms with Crippen LogP contribution in [0.1, 0.15) is 54.1 Å². The minimum absolute atomic E-state index is 0.0653. The van der Waals surface area contributed by atoms with E-state index in [0.29, 0.717) is 23.9 Å². The third-order valence-electron chi connectivity index (χ3n) is 3.69. The largest absolute Gasteiger partial charge is 0.361 e. The number of aryl methyl sites for hydroxylation is 2. The number of hydrogen-bond donors (Lipinski definition) is 1. The summed E-state index contributed by atoms with van der Waals surface area (Å²) in [5, 5.41) is 15.2. The van der Waals surface area contributed by atoms with Crippen molar-refractivity contribution in [2.75, 3.05) is 0 Å². The second kappa shape index (κ2) is 5.31. The quantitative estimate of drug-likeness (QED) is 0.924. The lowest BCUT2D eigenvalue weighted by atomic mass is 10.1. The van der Waals surface area contributed by atoms with E-state index in [1.807, 2.05) is 0 Å². The zero-order valence-corrected chi connectivity index (χ0v) is 12.5. The van der Waals surface area contributed by atoms with Crippen molar-refractivity contribution in [3.8, 4) is 0 Å². The Morgan fingerprint density at radius 2 is 2.29 bits per heavy atom. The number of rotatable bonds is 3. The van der Waals surface area contributed by atoms with Crippen LogP contribution in [0.3, 0.4) is 0 Å². The third-order valence-corrected chi connectivity index (χ3v) is 3.69. The number of nitrogens with one attached hydrogen (secondary N) is 1. The molecule has 0 aromatic carbocycles. The lowest BCUT2D eigenvalue weighted by Crippen LogP contribution is -2.41. The van der Waals surface area contributed by atoms with Gasteiger partial charge in [0.25, 0.3) is 5.91 Å². The normalized spacial score (nSPS) is 17.8. The molecule has 112 valence electrons. The van der Waals surface area contributed by atoms with E-state index in [9.17, 15) is 4.79 Å². The molecular formula is C14H19N5O2. The van der Waals surface area contributed by atoms with Gasteiger partial charge in [-0.15, -0.1) is 10.2 Å². The van der Waals surface area contributed by atoms with Gasteiger partial charge in [-0.25, -0.2) is 0 Å². The number of fused-ring (bicyclic) bond motifs is 1.